The molecule has 0 amide bonds. The fraction of sp³-hybridized carbons (Fsp3) is 0.318. The third-order valence-corrected chi connectivity index (χ3v) is 5.93. The number of nitrogens with zero attached hydrogens (tertiary/aromatic N) is 5. The average Bonchev–Trinajstić information content (AvgIpc) is 3.32. The van der Waals surface area contributed by atoms with Gasteiger partial charge in [-0.15, -0.1) is 0 Å². The molecule has 2 aliphatic rings. The lowest BCUT2D eigenvalue weighted by atomic mass is 10.2. The predicted molar refractivity (Wildman–Crippen MR) is 109 cm³/mol. The van der Waals surface area contributed by atoms with Crippen LogP contribution in [0.4, 0.5) is 5.95 Å². The van der Waals surface area contributed by atoms with E-state index >= 15 is 0 Å². The first kappa shape index (κ1) is 17.1. The van der Waals surface area contributed by atoms with Gasteiger partial charge >= 0.3 is 0 Å². The summed E-state index contributed by atoms with van der Waals surface area (Å²) in [4.78, 5) is 26.4. The Bertz CT molecular complexity index is 1030. The molecule has 6 nitrogen and oxygen atoms in total. The Morgan fingerprint density at radius 1 is 1.04 bits per heavy atom. The summed E-state index contributed by atoms with van der Waals surface area (Å²) in [7, 11) is 1.81. The maximum Gasteiger partial charge on any atom is 0.255 e. The van der Waals surface area contributed by atoms with E-state index in [1.165, 1.54) is 5.56 Å². The molecule has 6 heteroatoms. The van der Waals surface area contributed by atoms with Gasteiger partial charge in [-0.05, 0) is 24.1 Å². The monoisotopic (exact) mass is 373 g/mol. The molecule has 1 aromatic carbocycles. The SMILES string of the molecule is Cn1c(N2CC3CC2CN3Cc2ccccc2)nc(-c2ccncc2)cc1=O. The maximum atomic E-state index is 12.6. The minimum absolute atomic E-state index is 0.0271. The minimum Gasteiger partial charge on any atom is -0.336 e. The van der Waals surface area contributed by atoms with Crippen LogP contribution >= 0.6 is 0 Å². The fourth-order valence-electron chi connectivity index (χ4n) is 4.46. The molecule has 0 spiro atoms. The molecule has 2 atom stereocenters. The van der Waals surface area contributed by atoms with E-state index < -0.39 is 0 Å². The highest BCUT2D eigenvalue weighted by Gasteiger charge is 2.44. The molecule has 2 unspecified atom stereocenters. The van der Waals surface area contributed by atoms with E-state index in [1.54, 1.807) is 23.0 Å². The Morgan fingerprint density at radius 3 is 2.54 bits per heavy atom. The van der Waals surface area contributed by atoms with Gasteiger partial charge in [-0.2, -0.15) is 0 Å². The van der Waals surface area contributed by atoms with Gasteiger partial charge in [-0.3, -0.25) is 19.2 Å². The summed E-state index contributed by atoms with van der Waals surface area (Å²) in [6.45, 7) is 2.91. The number of benzene rings is 1. The standard InChI is InChI=1S/C22H23N5O/c1-25-21(28)12-20(17-7-9-23-10-8-17)24-22(25)27-15-18-11-19(27)14-26(18)13-16-5-3-2-4-6-16/h2-10,12,18-19H,11,13-15H2,1H3. The van der Waals surface area contributed by atoms with Crippen molar-refractivity contribution in [2.75, 3.05) is 18.0 Å². The van der Waals surface area contributed by atoms with Gasteiger partial charge in [-0.25, -0.2) is 4.98 Å². The summed E-state index contributed by atoms with van der Waals surface area (Å²) >= 11 is 0. The van der Waals surface area contributed by atoms with Crippen molar-refractivity contribution in [2.45, 2.75) is 25.0 Å². The number of piperazine rings is 1. The second-order valence-electron chi connectivity index (χ2n) is 7.69. The first-order valence-electron chi connectivity index (χ1n) is 9.72. The summed E-state index contributed by atoms with van der Waals surface area (Å²) in [6.07, 6.45) is 4.59. The largest absolute Gasteiger partial charge is 0.336 e. The molecule has 2 aromatic heterocycles. The highest BCUT2D eigenvalue weighted by molar-refractivity contribution is 5.59. The number of anilines is 1. The number of hydrogen-bond donors (Lipinski definition) is 0. The van der Waals surface area contributed by atoms with Crippen LogP contribution in [0.1, 0.15) is 12.0 Å². The zero-order chi connectivity index (χ0) is 19.1. The second-order valence-corrected chi connectivity index (χ2v) is 7.69. The third kappa shape index (κ3) is 2.99. The predicted octanol–water partition coefficient (Wildman–Crippen LogP) is 2.31. The summed E-state index contributed by atoms with van der Waals surface area (Å²) in [6, 6.07) is 16.9. The molecule has 28 heavy (non-hydrogen) atoms. The molecule has 2 fully saturated rings. The molecule has 4 heterocycles. The van der Waals surface area contributed by atoms with Gasteiger partial charge in [0.1, 0.15) is 0 Å². The summed E-state index contributed by atoms with van der Waals surface area (Å²) < 4.78 is 1.67. The molecule has 0 aliphatic carbocycles. The Balaban J connectivity index is 1.40. The lowest BCUT2D eigenvalue weighted by Crippen LogP contribution is -2.47. The number of fused-ring (bicyclic) bond motifs is 2. The van der Waals surface area contributed by atoms with Crippen molar-refractivity contribution < 1.29 is 0 Å². The Labute approximate surface area is 164 Å². The van der Waals surface area contributed by atoms with Crippen LogP contribution in [0.2, 0.25) is 0 Å². The molecular formula is C22H23N5O. The molecule has 142 valence electrons. The van der Waals surface area contributed by atoms with E-state index in [1.807, 2.05) is 19.2 Å². The second kappa shape index (κ2) is 6.87. The molecule has 2 saturated heterocycles. The van der Waals surface area contributed by atoms with Crippen LogP contribution < -0.4 is 10.5 Å². The van der Waals surface area contributed by atoms with Gasteiger partial charge < -0.3 is 4.90 Å². The van der Waals surface area contributed by atoms with Crippen molar-refractivity contribution in [3.8, 4) is 11.3 Å². The van der Waals surface area contributed by atoms with Crippen molar-refractivity contribution in [1.29, 1.82) is 0 Å². The van der Waals surface area contributed by atoms with Gasteiger partial charge in [-0.1, -0.05) is 30.3 Å². The van der Waals surface area contributed by atoms with E-state index in [0.29, 0.717) is 17.8 Å². The minimum atomic E-state index is -0.0271. The molecule has 5 rings (SSSR count). The number of hydrogen-bond acceptors (Lipinski definition) is 5. The van der Waals surface area contributed by atoms with Crippen molar-refractivity contribution in [3.63, 3.8) is 0 Å². The summed E-state index contributed by atoms with van der Waals surface area (Å²) in [5.74, 6) is 0.770. The summed E-state index contributed by atoms with van der Waals surface area (Å²) in [5.41, 5.74) is 2.96. The van der Waals surface area contributed by atoms with Crippen molar-refractivity contribution in [1.82, 2.24) is 19.4 Å². The number of pyridine rings is 1. The van der Waals surface area contributed by atoms with E-state index in [2.05, 4.69) is 45.1 Å². The normalized spacial score (nSPS) is 21.4. The van der Waals surface area contributed by atoms with Crippen LogP contribution in [0.5, 0.6) is 0 Å². The third-order valence-electron chi connectivity index (χ3n) is 5.93. The molecule has 0 radical (unpaired) electrons. The molecule has 0 saturated carbocycles. The topological polar surface area (TPSA) is 54.3 Å². The lowest BCUT2D eigenvalue weighted by Gasteiger charge is -2.35. The van der Waals surface area contributed by atoms with Crippen LogP contribution in [0.15, 0.2) is 65.7 Å². The van der Waals surface area contributed by atoms with Crippen LogP contribution in [0.25, 0.3) is 11.3 Å². The quantitative estimate of drug-likeness (QED) is 0.702. The molecule has 2 aliphatic heterocycles. The Hall–Kier alpha value is -2.99. The first-order valence-corrected chi connectivity index (χ1v) is 9.72. The van der Waals surface area contributed by atoms with E-state index in [-0.39, 0.29) is 5.56 Å². The maximum absolute atomic E-state index is 12.6. The van der Waals surface area contributed by atoms with Gasteiger partial charge in [0.05, 0.1) is 5.69 Å². The Morgan fingerprint density at radius 2 is 1.82 bits per heavy atom. The number of likely N-dealkylation sites (tertiary alicyclic amines) is 1. The lowest BCUT2D eigenvalue weighted by molar-refractivity contribution is 0.229. The summed E-state index contributed by atoms with van der Waals surface area (Å²) in [5, 5.41) is 0. The van der Waals surface area contributed by atoms with E-state index in [0.717, 1.165) is 37.6 Å². The van der Waals surface area contributed by atoms with Crippen molar-refractivity contribution in [3.05, 3.63) is 76.8 Å². The van der Waals surface area contributed by atoms with Crippen LogP contribution in [-0.2, 0) is 13.6 Å². The Kier molecular flexibility index (Phi) is 4.20. The highest BCUT2D eigenvalue weighted by atomic mass is 16.1. The fourth-order valence-corrected chi connectivity index (χ4v) is 4.46. The van der Waals surface area contributed by atoms with Gasteiger partial charge in [0.15, 0.2) is 0 Å². The van der Waals surface area contributed by atoms with Gasteiger partial charge in [0, 0.05) is 62.8 Å². The number of rotatable bonds is 4. The zero-order valence-corrected chi connectivity index (χ0v) is 15.9. The van der Waals surface area contributed by atoms with Gasteiger partial charge in [0.2, 0.25) is 5.95 Å². The van der Waals surface area contributed by atoms with Crippen LogP contribution in [0, 0.1) is 0 Å². The van der Waals surface area contributed by atoms with E-state index in [9.17, 15) is 4.79 Å². The molecule has 0 N–H and O–H groups in total. The smallest absolute Gasteiger partial charge is 0.255 e. The molecular weight excluding hydrogens is 350 g/mol. The highest BCUT2D eigenvalue weighted by Crippen LogP contribution is 2.34. The van der Waals surface area contributed by atoms with Crippen LogP contribution in [0.3, 0.4) is 0 Å². The van der Waals surface area contributed by atoms with Crippen molar-refractivity contribution in [2.24, 2.45) is 7.05 Å². The average molecular weight is 373 g/mol. The van der Waals surface area contributed by atoms with Crippen LogP contribution in [-0.4, -0.2) is 44.6 Å². The van der Waals surface area contributed by atoms with Crippen molar-refractivity contribution >= 4 is 5.95 Å². The number of aromatic nitrogens is 3. The van der Waals surface area contributed by atoms with E-state index in [4.69, 9.17) is 4.98 Å². The zero-order valence-electron chi connectivity index (χ0n) is 15.9. The van der Waals surface area contributed by atoms with Gasteiger partial charge in [0.25, 0.3) is 5.56 Å². The first-order chi connectivity index (χ1) is 13.7. The molecule has 2 bridgehead atoms. The molecule has 3 aromatic rings.